The van der Waals surface area contributed by atoms with Crippen LogP contribution in [0.3, 0.4) is 0 Å². The van der Waals surface area contributed by atoms with Gasteiger partial charge in [0, 0.05) is 18.9 Å². The molecule has 0 aliphatic heterocycles. The molecule has 182 valence electrons. The van der Waals surface area contributed by atoms with Crippen molar-refractivity contribution in [3.05, 3.63) is 69.4 Å². The van der Waals surface area contributed by atoms with Gasteiger partial charge in [0.1, 0.15) is 24.7 Å². The van der Waals surface area contributed by atoms with E-state index in [1.54, 1.807) is 0 Å². The molecule has 16 heteroatoms. The van der Waals surface area contributed by atoms with E-state index in [1.165, 1.54) is 48.5 Å². The van der Waals surface area contributed by atoms with Crippen LogP contribution in [0.25, 0.3) is 20.9 Å². The number of ether oxygens (including phenoxy) is 4. The Bertz CT molecular complexity index is 1140. The molecule has 0 amide bonds. The smallest absolute Gasteiger partial charge is 0.264 e. The lowest BCUT2D eigenvalue weighted by atomic mass is 10.3. The Morgan fingerprint density at radius 3 is 1.24 bits per heavy atom. The lowest BCUT2D eigenvalue weighted by molar-refractivity contribution is 0.0273. The van der Waals surface area contributed by atoms with Crippen LogP contribution in [0.2, 0.25) is 0 Å². The maximum absolute atomic E-state index is 11.6. The molecule has 2 aromatic rings. The molecular weight excluding hydrogens is 492 g/mol. The highest BCUT2D eigenvalue weighted by Crippen LogP contribution is 2.18. The van der Waals surface area contributed by atoms with E-state index in [-0.39, 0.29) is 36.2 Å². The van der Waals surface area contributed by atoms with Crippen LogP contribution < -0.4 is 9.47 Å². The summed E-state index contributed by atoms with van der Waals surface area (Å²) in [5, 5.41) is 0. The first-order valence-electron chi connectivity index (χ1n) is 9.52. The topological polar surface area (TPSA) is 203 Å². The van der Waals surface area contributed by atoms with E-state index in [9.17, 15) is 16.8 Å². The van der Waals surface area contributed by atoms with Crippen molar-refractivity contribution in [3.63, 3.8) is 0 Å². The molecule has 34 heavy (non-hydrogen) atoms. The van der Waals surface area contributed by atoms with Crippen LogP contribution in [0.15, 0.2) is 67.4 Å². The summed E-state index contributed by atoms with van der Waals surface area (Å²) >= 11 is 0. The van der Waals surface area contributed by atoms with Crippen LogP contribution in [0.1, 0.15) is 0 Å². The maximum Gasteiger partial charge on any atom is 0.264 e. The molecule has 0 atom stereocenters. The van der Waals surface area contributed by atoms with Gasteiger partial charge in [-0.05, 0) is 59.6 Å². The zero-order valence-electron chi connectivity index (χ0n) is 17.6. The third-order valence-corrected chi connectivity index (χ3v) is 6.21. The van der Waals surface area contributed by atoms with Gasteiger partial charge in [0.2, 0.25) is 0 Å². The maximum atomic E-state index is 11.6. The molecule has 0 aromatic heterocycles. The van der Waals surface area contributed by atoms with E-state index >= 15 is 0 Å². The average Bonchev–Trinajstić information content (AvgIpc) is 2.81. The van der Waals surface area contributed by atoms with Gasteiger partial charge in [0.15, 0.2) is 0 Å². The van der Waals surface area contributed by atoms with Crippen molar-refractivity contribution in [3.8, 4) is 11.5 Å². The Labute approximate surface area is 195 Å². The van der Waals surface area contributed by atoms with Crippen molar-refractivity contribution in [2.24, 2.45) is 9.04 Å². The summed E-state index contributed by atoms with van der Waals surface area (Å²) in [6.07, 6.45) is 0. The monoisotopic (exact) mass is 512 g/mol. The number of hydrogen-bond donors (Lipinski definition) is 0. The molecule has 0 spiro atoms. The molecular formula is C18H20N6O8S2. The van der Waals surface area contributed by atoms with Crippen LogP contribution in [0.4, 0.5) is 0 Å². The minimum absolute atomic E-state index is 0.134. The Morgan fingerprint density at radius 1 is 0.588 bits per heavy atom. The van der Waals surface area contributed by atoms with Crippen molar-refractivity contribution in [2.45, 2.75) is 9.79 Å². The Kier molecular flexibility index (Phi) is 10.4. The minimum atomic E-state index is -4.03. The first-order valence-corrected chi connectivity index (χ1v) is 12.4. The lowest BCUT2D eigenvalue weighted by Crippen LogP contribution is -2.13. The number of nitrogens with zero attached hydrogens (tertiary/aromatic N) is 6. The number of rotatable bonds is 15. The highest BCUT2D eigenvalue weighted by molar-refractivity contribution is 7.90. The molecule has 14 nitrogen and oxygen atoms in total. The average molecular weight is 513 g/mol. The van der Waals surface area contributed by atoms with Crippen molar-refractivity contribution >= 4 is 20.0 Å². The first kappa shape index (κ1) is 26.7. The summed E-state index contributed by atoms with van der Waals surface area (Å²) in [5.41, 5.74) is 16.5. The number of sulfonamides is 2. The quantitative estimate of drug-likeness (QED) is 0.150. The summed E-state index contributed by atoms with van der Waals surface area (Å²) in [7, 11) is -8.05. The molecule has 0 radical (unpaired) electrons. The van der Waals surface area contributed by atoms with Crippen molar-refractivity contribution < 1.29 is 35.8 Å². The standard InChI is InChI=1S/C18H20N6O8S2/c19-21-23-33(25,26)17-5-1-15(2-6-17)31-13-11-29-9-10-30-12-14-32-16-3-7-18(8-4-16)34(27,28)24-22-20/h1-8H,9-14H2. The van der Waals surface area contributed by atoms with Crippen LogP contribution in [0.5, 0.6) is 11.5 Å². The number of azide groups is 2. The first-order chi connectivity index (χ1) is 16.3. The van der Waals surface area contributed by atoms with Gasteiger partial charge in [0.25, 0.3) is 20.0 Å². The van der Waals surface area contributed by atoms with E-state index < -0.39 is 20.0 Å². The van der Waals surface area contributed by atoms with E-state index in [2.05, 4.69) is 18.9 Å². The highest BCUT2D eigenvalue weighted by Gasteiger charge is 2.12. The fraction of sp³-hybridized carbons (Fsp3) is 0.333. The van der Waals surface area contributed by atoms with Crippen LogP contribution >= 0.6 is 0 Å². The van der Waals surface area contributed by atoms with Gasteiger partial charge in [0.05, 0.1) is 36.2 Å². The third kappa shape index (κ3) is 8.78. The van der Waals surface area contributed by atoms with Crippen molar-refractivity contribution in [1.82, 2.24) is 0 Å². The van der Waals surface area contributed by atoms with Crippen molar-refractivity contribution in [2.75, 3.05) is 39.6 Å². The van der Waals surface area contributed by atoms with Gasteiger partial charge in [-0.2, -0.15) is 0 Å². The Hall–Kier alpha value is -3.52. The van der Waals surface area contributed by atoms with Gasteiger partial charge in [-0.25, -0.2) is 16.8 Å². The molecule has 0 saturated heterocycles. The number of hydrogen-bond acceptors (Lipinski definition) is 8. The van der Waals surface area contributed by atoms with Crippen LogP contribution in [-0.2, 0) is 29.5 Å². The van der Waals surface area contributed by atoms with Crippen molar-refractivity contribution in [1.29, 1.82) is 0 Å². The second kappa shape index (κ2) is 13.3. The second-order valence-corrected chi connectivity index (χ2v) is 9.33. The summed E-state index contributed by atoms with van der Waals surface area (Å²) in [6.45, 7) is 1.67. The molecule has 0 aliphatic carbocycles. The summed E-state index contributed by atoms with van der Waals surface area (Å²) in [4.78, 5) is 4.29. The van der Waals surface area contributed by atoms with Gasteiger partial charge < -0.3 is 18.9 Å². The second-order valence-electron chi connectivity index (χ2n) is 6.16. The Morgan fingerprint density at radius 2 is 0.912 bits per heavy atom. The van der Waals surface area contributed by atoms with Gasteiger partial charge in [-0.3, -0.25) is 0 Å². The SMILES string of the molecule is [N-]=[N+]=NS(=O)(=O)c1ccc(OCCOCCOCCOc2ccc(S(=O)(=O)N=[N+]=[N-])cc2)cc1. The van der Waals surface area contributed by atoms with E-state index in [4.69, 9.17) is 30.0 Å². The number of benzene rings is 2. The molecule has 0 aliphatic rings. The Balaban J connectivity index is 1.55. The fourth-order valence-electron chi connectivity index (χ4n) is 2.36. The zero-order chi connectivity index (χ0) is 24.9. The van der Waals surface area contributed by atoms with Gasteiger partial charge >= 0.3 is 0 Å². The molecule has 0 unspecified atom stereocenters. The molecule has 2 aromatic carbocycles. The molecule has 0 bridgehead atoms. The van der Waals surface area contributed by atoms with E-state index in [0.29, 0.717) is 24.7 Å². The third-order valence-electron chi connectivity index (χ3n) is 3.90. The molecule has 0 heterocycles. The predicted molar refractivity (Wildman–Crippen MR) is 118 cm³/mol. The summed E-state index contributed by atoms with van der Waals surface area (Å²) < 4.78 is 73.4. The van der Waals surface area contributed by atoms with Crippen LogP contribution in [-0.4, -0.2) is 56.5 Å². The molecule has 0 saturated carbocycles. The highest BCUT2D eigenvalue weighted by atomic mass is 32.2. The van der Waals surface area contributed by atoms with Gasteiger partial charge in [-0.1, -0.05) is 0 Å². The molecule has 0 fully saturated rings. The fourth-order valence-corrected chi connectivity index (χ4v) is 3.71. The molecule has 0 N–H and O–H groups in total. The lowest BCUT2D eigenvalue weighted by Gasteiger charge is -2.09. The zero-order valence-corrected chi connectivity index (χ0v) is 19.3. The van der Waals surface area contributed by atoms with Crippen LogP contribution in [0, 0.1) is 0 Å². The molecule has 2 rings (SSSR count). The van der Waals surface area contributed by atoms with E-state index in [1.807, 2.05) is 0 Å². The summed E-state index contributed by atoms with van der Waals surface area (Å²) in [6, 6.07) is 10.9. The van der Waals surface area contributed by atoms with E-state index in [0.717, 1.165) is 0 Å². The largest absolute Gasteiger partial charge is 0.491 e. The minimum Gasteiger partial charge on any atom is -0.491 e. The summed E-state index contributed by atoms with van der Waals surface area (Å²) in [5.74, 6) is 0.862. The predicted octanol–water partition coefficient (Wildman–Crippen LogP) is 3.18. The normalized spacial score (nSPS) is 11.2. The van der Waals surface area contributed by atoms with Gasteiger partial charge in [-0.15, -0.1) is 0 Å².